The highest BCUT2D eigenvalue weighted by molar-refractivity contribution is 6.31. The number of nitrogens with one attached hydrogen (secondary N) is 1. The first-order valence-corrected chi connectivity index (χ1v) is 8.96. The summed E-state index contributed by atoms with van der Waals surface area (Å²) >= 11 is 5.98. The van der Waals surface area contributed by atoms with Crippen LogP contribution >= 0.6 is 11.6 Å². The molecule has 1 N–H and O–H groups in total. The van der Waals surface area contributed by atoms with Gasteiger partial charge in [0.1, 0.15) is 17.7 Å². The Morgan fingerprint density at radius 1 is 1.29 bits per heavy atom. The number of hydrogen-bond donors (Lipinski definition) is 1. The van der Waals surface area contributed by atoms with Gasteiger partial charge in [0.2, 0.25) is 5.92 Å². The number of rotatable bonds is 3. The molecule has 1 saturated heterocycles. The number of carbonyl (C=O) groups is 1. The van der Waals surface area contributed by atoms with Crippen LogP contribution in [0.5, 0.6) is 0 Å². The number of carbonyl (C=O) groups excluding carboxylic acids is 1. The number of amides is 1. The minimum Gasteiger partial charge on any atom is -0.356 e. The molecule has 1 aromatic carbocycles. The van der Waals surface area contributed by atoms with Gasteiger partial charge in [0.05, 0.1) is 16.1 Å². The van der Waals surface area contributed by atoms with E-state index in [1.807, 2.05) is 0 Å². The van der Waals surface area contributed by atoms with E-state index in [1.165, 1.54) is 24.4 Å². The molecular weight excluding hydrogens is 393 g/mol. The average molecular weight is 409 g/mol. The summed E-state index contributed by atoms with van der Waals surface area (Å²) in [5.74, 6) is -3.78. The zero-order valence-electron chi connectivity index (χ0n) is 14.7. The van der Waals surface area contributed by atoms with E-state index in [0.29, 0.717) is 6.54 Å². The predicted molar refractivity (Wildman–Crippen MR) is 99.3 cm³/mol. The van der Waals surface area contributed by atoms with E-state index in [9.17, 15) is 18.0 Å². The first-order chi connectivity index (χ1) is 13.3. The lowest BCUT2D eigenvalue weighted by Gasteiger charge is -2.24. The summed E-state index contributed by atoms with van der Waals surface area (Å²) in [6.07, 6.45) is 1.07. The monoisotopic (exact) mass is 408 g/mol. The Balaban J connectivity index is 1.88. The molecule has 0 saturated carbocycles. The summed E-state index contributed by atoms with van der Waals surface area (Å²) in [6.45, 7) is 0.386. The van der Waals surface area contributed by atoms with Crippen LogP contribution in [0.25, 0.3) is 0 Å². The maximum atomic E-state index is 13.7. The Kier molecular flexibility index (Phi) is 5.75. The van der Waals surface area contributed by atoms with Crippen molar-refractivity contribution < 1.29 is 18.0 Å². The average Bonchev–Trinajstić information content (AvgIpc) is 2.83. The molecule has 0 spiro atoms. The molecule has 28 heavy (non-hydrogen) atoms. The molecular formula is C19H16ClF3N4O. The number of pyridine rings is 1. The number of aromatic nitrogens is 1. The van der Waals surface area contributed by atoms with Crippen LogP contribution < -0.4 is 10.2 Å². The SMILES string of the molecule is N#Cc1cc(NC(=O)c2cc(Cl)cnc2N2CCCC(F)(F)CC2)ccc1F. The minimum atomic E-state index is -2.74. The van der Waals surface area contributed by atoms with E-state index in [1.54, 1.807) is 11.0 Å². The molecule has 0 atom stereocenters. The Morgan fingerprint density at radius 3 is 2.82 bits per heavy atom. The Hall–Kier alpha value is -2.79. The predicted octanol–water partition coefficient (Wildman–Crippen LogP) is 4.62. The van der Waals surface area contributed by atoms with Gasteiger partial charge in [-0.15, -0.1) is 0 Å². The zero-order chi connectivity index (χ0) is 20.3. The molecule has 1 amide bonds. The molecule has 1 aliphatic rings. The summed E-state index contributed by atoms with van der Waals surface area (Å²) < 4.78 is 40.8. The molecule has 5 nitrogen and oxygen atoms in total. The van der Waals surface area contributed by atoms with Gasteiger partial charge in [0.15, 0.2) is 0 Å². The molecule has 1 aromatic heterocycles. The van der Waals surface area contributed by atoms with Gasteiger partial charge in [-0.2, -0.15) is 5.26 Å². The van der Waals surface area contributed by atoms with Gasteiger partial charge in [-0.05, 0) is 30.7 Å². The lowest BCUT2D eigenvalue weighted by Crippen LogP contribution is -2.29. The summed E-state index contributed by atoms with van der Waals surface area (Å²) in [4.78, 5) is 18.6. The normalized spacial score (nSPS) is 16.2. The molecule has 0 bridgehead atoms. The van der Waals surface area contributed by atoms with Crippen LogP contribution in [0.3, 0.4) is 0 Å². The van der Waals surface area contributed by atoms with Gasteiger partial charge in [0, 0.05) is 37.8 Å². The van der Waals surface area contributed by atoms with Crippen molar-refractivity contribution in [3.8, 4) is 6.07 Å². The fraction of sp³-hybridized carbons (Fsp3) is 0.316. The number of nitrogens with zero attached hydrogens (tertiary/aromatic N) is 3. The molecule has 1 aliphatic heterocycles. The second kappa shape index (κ2) is 8.07. The van der Waals surface area contributed by atoms with Crippen molar-refractivity contribution in [2.75, 3.05) is 23.3 Å². The van der Waals surface area contributed by atoms with Crippen LogP contribution in [0, 0.1) is 17.1 Å². The van der Waals surface area contributed by atoms with Crippen molar-refractivity contribution in [3.05, 3.63) is 52.4 Å². The number of hydrogen-bond acceptors (Lipinski definition) is 4. The fourth-order valence-corrected chi connectivity index (χ4v) is 3.17. The first-order valence-electron chi connectivity index (χ1n) is 8.58. The van der Waals surface area contributed by atoms with Crippen molar-refractivity contribution in [2.45, 2.75) is 25.2 Å². The lowest BCUT2D eigenvalue weighted by atomic mass is 10.1. The van der Waals surface area contributed by atoms with E-state index >= 15 is 0 Å². The van der Waals surface area contributed by atoms with Crippen molar-refractivity contribution in [2.24, 2.45) is 0 Å². The highest BCUT2D eigenvalue weighted by atomic mass is 35.5. The van der Waals surface area contributed by atoms with Crippen molar-refractivity contribution in [1.82, 2.24) is 4.98 Å². The zero-order valence-corrected chi connectivity index (χ0v) is 15.4. The summed E-state index contributed by atoms with van der Waals surface area (Å²) in [7, 11) is 0. The third-order valence-corrected chi connectivity index (χ3v) is 4.65. The number of halogens is 4. The van der Waals surface area contributed by atoms with E-state index in [4.69, 9.17) is 16.9 Å². The van der Waals surface area contributed by atoms with Gasteiger partial charge < -0.3 is 10.2 Å². The summed E-state index contributed by atoms with van der Waals surface area (Å²) in [5.41, 5.74) is 0.119. The minimum absolute atomic E-state index is 0.0526. The van der Waals surface area contributed by atoms with Gasteiger partial charge in [-0.3, -0.25) is 4.79 Å². The Labute approximate surface area is 164 Å². The van der Waals surface area contributed by atoms with Crippen LogP contribution in [-0.4, -0.2) is 29.9 Å². The van der Waals surface area contributed by atoms with Gasteiger partial charge in [0.25, 0.3) is 5.91 Å². The second-order valence-electron chi connectivity index (χ2n) is 6.48. The van der Waals surface area contributed by atoms with Crippen LogP contribution in [-0.2, 0) is 0 Å². The summed E-state index contributed by atoms with van der Waals surface area (Å²) in [5, 5.41) is 11.7. The molecule has 146 valence electrons. The van der Waals surface area contributed by atoms with Crippen molar-refractivity contribution in [1.29, 1.82) is 5.26 Å². The number of benzene rings is 1. The highest BCUT2D eigenvalue weighted by Crippen LogP contribution is 2.31. The maximum Gasteiger partial charge on any atom is 0.259 e. The molecule has 9 heteroatoms. The van der Waals surface area contributed by atoms with Gasteiger partial charge >= 0.3 is 0 Å². The van der Waals surface area contributed by atoms with E-state index in [-0.39, 0.29) is 53.5 Å². The quantitative estimate of drug-likeness (QED) is 0.804. The molecule has 0 radical (unpaired) electrons. The van der Waals surface area contributed by atoms with Gasteiger partial charge in [-0.1, -0.05) is 11.6 Å². The third kappa shape index (κ3) is 4.54. The maximum absolute atomic E-state index is 13.7. The van der Waals surface area contributed by atoms with Crippen molar-refractivity contribution in [3.63, 3.8) is 0 Å². The Morgan fingerprint density at radius 2 is 2.07 bits per heavy atom. The first kappa shape index (κ1) is 20.0. The standard InChI is InChI=1S/C19H16ClF3N4O/c20-13-9-15(18(28)26-14-2-3-16(21)12(8-14)10-24)17(25-11-13)27-6-1-4-19(22,23)5-7-27/h2-3,8-9,11H,1,4-7H2,(H,26,28). The number of anilines is 2. The molecule has 2 heterocycles. The molecule has 1 fully saturated rings. The van der Waals surface area contributed by atoms with E-state index in [0.717, 1.165) is 6.07 Å². The van der Waals surface area contributed by atoms with Crippen LogP contribution in [0.1, 0.15) is 35.2 Å². The van der Waals surface area contributed by atoms with E-state index in [2.05, 4.69) is 10.3 Å². The lowest BCUT2D eigenvalue weighted by molar-refractivity contribution is -0.0102. The third-order valence-electron chi connectivity index (χ3n) is 4.44. The fourth-order valence-electron chi connectivity index (χ4n) is 3.01. The number of nitriles is 1. The topological polar surface area (TPSA) is 69.0 Å². The van der Waals surface area contributed by atoms with E-state index < -0.39 is 17.6 Å². The Bertz CT molecular complexity index is 945. The largest absolute Gasteiger partial charge is 0.356 e. The van der Waals surface area contributed by atoms with Crippen molar-refractivity contribution >= 4 is 29.0 Å². The smallest absolute Gasteiger partial charge is 0.259 e. The summed E-state index contributed by atoms with van der Waals surface area (Å²) in [6, 6.07) is 6.69. The van der Waals surface area contributed by atoms with Crippen LogP contribution in [0.4, 0.5) is 24.7 Å². The highest BCUT2D eigenvalue weighted by Gasteiger charge is 2.33. The molecule has 3 rings (SSSR count). The number of alkyl halides is 2. The van der Waals surface area contributed by atoms with Gasteiger partial charge in [-0.25, -0.2) is 18.2 Å². The van der Waals surface area contributed by atoms with Crippen LogP contribution in [0.15, 0.2) is 30.5 Å². The molecule has 0 aliphatic carbocycles. The van der Waals surface area contributed by atoms with Crippen LogP contribution in [0.2, 0.25) is 5.02 Å². The molecule has 2 aromatic rings. The molecule has 0 unspecified atom stereocenters. The second-order valence-corrected chi connectivity index (χ2v) is 6.92.